The summed E-state index contributed by atoms with van der Waals surface area (Å²) in [4.78, 5) is 5.10. The van der Waals surface area contributed by atoms with Crippen molar-refractivity contribution in [3.63, 3.8) is 0 Å². The molecule has 0 aliphatic heterocycles. The van der Waals surface area contributed by atoms with Crippen LogP contribution in [-0.2, 0) is 0 Å². The fourth-order valence-electron chi connectivity index (χ4n) is 2.23. The number of phenols is 1. The highest BCUT2D eigenvalue weighted by Gasteiger charge is 2.11. The minimum atomic E-state index is -0.279. The van der Waals surface area contributed by atoms with Crippen molar-refractivity contribution in [1.82, 2.24) is 14.6 Å². The van der Waals surface area contributed by atoms with Crippen molar-refractivity contribution in [1.29, 1.82) is 0 Å². The van der Waals surface area contributed by atoms with Crippen LogP contribution in [0.15, 0.2) is 54.7 Å². The summed E-state index contributed by atoms with van der Waals surface area (Å²) in [6.07, 6.45) is 1.74. The van der Waals surface area contributed by atoms with Crippen molar-refractivity contribution in [2.24, 2.45) is 0 Å². The molecule has 23 heavy (non-hydrogen) atoms. The smallest absolute Gasteiger partial charge is 0.214 e. The van der Waals surface area contributed by atoms with Gasteiger partial charge in [-0.15, -0.1) is 5.10 Å². The first-order valence-corrected chi connectivity index (χ1v) is 7.67. The van der Waals surface area contributed by atoms with E-state index in [4.69, 9.17) is 0 Å². The second-order valence-corrected chi connectivity index (χ2v) is 5.88. The Morgan fingerprint density at radius 1 is 1.04 bits per heavy atom. The highest BCUT2D eigenvalue weighted by atomic mass is 32.1. The number of hydrogen-bond acceptors (Lipinski definition) is 5. The Morgan fingerprint density at radius 3 is 2.52 bits per heavy atom. The van der Waals surface area contributed by atoms with Gasteiger partial charge in [0, 0.05) is 11.3 Å². The Labute approximate surface area is 134 Å². The lowest BCUT2D eigenvalue weighted by molar-refractivity contribution is 0.475. The topological polar surface area (TPSA) is 62.5 Å². The van der Waals surface area contributed by atoms with Gasteiger partial charge in [0.1, 0.15) is 11.6 Å². The average Bonchev–Trinajstić information content (AvgIpc) is 3.11. The van der Waals surface area contributed by atoms with Gasteiger partial charge in [0.15, 0.2) is 0 Å². The van der Waals surface area contributed by atoms with Crippen molar-refractivity contribution in [3.8, 4) is 17.0 Å². The SMILES string of the molecule is Oc1ccc(-c2cnc3sc(Nc4ccc(F)cc4)nn23)cc1. The lowest BCUT2D eigenvalue weighted by Crippen LogP contribution is -1.93. The molecule has 2 heterocycles. The largest absolute Gasteiger partial charge is 0.508 e. The average molecular weight is 326 g/mol. The van der Waals surface area contributed by atoms with Gasteiger partial charge in [-0.2, -0.15) is 0 Å². The molecule has 0 unspecified atom stereocenters. The zero-order valence-electron chi connectivity index (χ0n) is 11.8. The molecule has 4 aromatic rings. The monoisotopic (exact) mass is 326 g/mol. The number of hydrogen-bond donors (Lipinski definition) is 2. The zero-order chi connectivity index (χ0) is 15.8. The summed E-state index contributed by atoms with van der Waals surface area (Å²) < 4.78 is 14.7. The fourth-order valence-corrected chi connectivity index (χ4v) is 3.02. The summed E-state index contributed by atoms with van der Waals surface area (Å²) in [5.74, 6) is -0.0643. The molecule has 2 aromatic heterocycles. The van der Waals surface area contributed by atoms with Gasteiger partial charge in [-0.3, -0.25) is 0 Å². The van der Waals surface area contributed by atoms with Crippen LogP contribution in [0.3, 0.4) is 0 Å². The van der Waals surface area contributed by atoms with E-state index in [0.717, 1.165) is 21.9 Å². The minimum Gasteiger partial charge on any atom is -0.508 e. The molecule has 0 amide bonds. The molecule has 2 aromatic carbocycles. The number of phenolic OH excluding ortho intramolecular Hbond substituents is 1. The molecule has 0 saturated carbocycles. The van der Waals surface area contributed by atoms with Crippen LogP contribution < -0.4 is 5.32 Å². The van der Waals surface area contributed by atoms with Crippen LogP contribution in [0.25, 0.3) is 16.2 Å². The molecule has 0 aliphatic carbocycles. The molecular weight excluding hydrogens is 315 g/mol. The lowest BCUT2D eigenvalue weighted by Gasteiger charge is -2.01. The molecule has 0 saturated heterocycles. The Hall–Kier alpha value is -2.93. The number of imidazole rings is 1. The van der Waals surface area contributed by atoms with Crippen molar-refractivity contribution in [3.05, 3.63) is 60.5 Å². The highest BCUT2D eigenvalue weighted by molar-refractivity contribution is 7.20. The number of benzene rings is 2. The molecule has 2 N–H and O–H groups in total. The predicted octanol–water partition coefficient (Wildman–Crippen LogP) is 4.05. The maximum Gasteiger partial charge on any atom is 0.214 e. The number of aromatic hydroxyl groups is 1. The van der Waals surface area contributed by atoms with E-state index in [9.17, 15) is 9.50 Å². The molecule has 0 fully saturated rings. The maximum absolute atomic E-state index is 12.9. The van der Waals surface area contributed by atoms with E-state index in [1.807, 2.05) is 12.1 Å². The van der Waals surface area contributed by atoms with E-state index in [2.05, 4.69) is 15.4 Å². The summed E-state index contributed by atoms with van der Waals surface area (Å²) >= 11 is 1.40. The van der Waals surface area contributed by atoms with E-state index in [1.165, 1.54) is 23.5 Å². The zero-order valence-corrected chi connectivity index (χ0v) is 12.6. The quantitative estimate of drug-likeness (QED) is 0.596. The first-order chi connectivity index (χ1) is 11.2. The summed E-state index contributed by atoms with van der Waals surface area (Å²) in [7, 11) is 0. The van der Waals surface area contributed by atoms with E-state index < -0.39 is 0 Å². The normalized spacial score (nSPS) is 11.0. The number of nitrogens with one attached hydrogen (secondary N) is 1. The van der Waals surface area contributed by atoms with Crippen LogP contribution in [0, 0.1) is 5.82 Å². The molecule has 114 valence electrons. The van der Waals surface area contributed by atoms with Crippen LogP contribution in [0.2, 0.25) is 0 Å². The van der Waals surface area contributed by atoms with Crippen molar-refractivity contribution in [2.45, 2.75) is 0 Å². The van der Waals surface area contributed by atoms with Crippen molar-refractivity contribution >= 4 is 27.1 Å². The Morgan fingerprint density at radius 2 is 1.78 bits per heavy atom. The molecule has 0 atom stereocenters. The third-order valence-corrected chi connectivity index (χ3v) is 4.18. The summed E-state index contributed by atoms with van der Waals surface area (Å²) in [6.45, 7) is 0. The summed E-state index contributed by atoms with van der Waals surface area (Å²) in [5.41, 5.74) is 2.51. The van der Waals surface area contributed by atoms with Gasteiger partial charge in [-0.1, -0.05) is 11.3 Å². The van der Waals surface area contributed by atoms with E-state index in [0.29, 0.717) is 5.13 Å². The number of aromatic nitrogens is 3. The molecule has 5 nitrogen and oxygen atoms in total. The van der Waals surface area contributed by atoms with Gasteiger partial charge in [-0.25, -0.2) is 13.9 Å². The standard InChI is InChI=1S/C16H11FN4OS/c17-11-3-5-12(6-4-11)19-15-20-21-14(9-18-16(21)23-15)10-1-7-13(22)8-2-10/h1-9,22H,(H,19,20). The lowest BCUT2D eigenvalue weighted by atomic mass is 10.2. The maximum atomic E-state index is 12.9. The van der Waals surface area contributed by atoms with E-state index in [1.54, 1.807) is 35.0 Å². The number of nitrogens with zero attached hydrogens (tertiary/aromatic N) is 3. The second-order valence-electron chi connectivity index (χ2n) is 4.92. The van der Waals surface area contributed by atoms with Crippen LogP contribution in [0.4, 0.5) is 15.2 Å². The minimum absolute atomic E-state index is 0.214. The summed E-state index contributed by atoms with van der Waals surface area (Å²) in [5, 5.41) is 17.7. The number of halogens is 1. The molecule has 0 radical (unpaired) electrons. The molecule has 0 aliphatic rings. The van der Waals surface area contributed by atoms with E-state index in [-0.39, 0.29) is 11.6 Å². The van der Waals surface area contributed by atoms with Gasteiger partial charge in [-0.05, 0) is 48.5 Å². The Bertz CT molecular complexity index is 960. The van der Waals surface area contributed by atoms with Gasteiger partial charge in [0.2, 0.25) is 10.1 Å². The number of fused-ring (bicyclic) bond motifs is 1. The van der Waals surface area contributed by atoms with Gasteiger partial charge in [0.25, 0.3) is 0 Å². The highest BCUT2D eigenvalue weighted by Crippen LogP contribution is 2.28. The second kappa shape index (κ2) is 5.36. The van der Waals surface area contributed by atoms with Crippen LogP contribution >= 0.6 is 11.3 Å². The predicted molar refractivity (Wildman–Crippen MR) is 87.6 cm³/mol. The fraction of sp³-hybridized carbons (Fsp3) is 0. The Kier molecular flexibility index (Phi) is 3.20. The van der Waals surface area contributed by atoms with Gasteiger partial charge >= 0.3 is 0 Å². The number of anilines is 2. The van der Waals surface area contributed by atoms with Crippen molar-refractivity contribution in [2.75, 3.05) is 5.32 Å². The molecule has 0 bridgehead atoms. The van der Waals surface area contributed by atoms with Crippen LogP contribution in [-0.4, -0.2) is 19.7 Å². The molecule has 0 spiro atoms. The van der Waals surface area contributed by atoms with E-state index >= 15 is 0 Å². The third-order valence-electron chi connectivity index (χ3n) is 3.34. The third kappa shape index (κ3) is 2.62. The van der Waals surface area contributed by atoms with Crippen LogP contribution in [0.1, 0.15) is 0 Å². The molecule has 7 heteroatoms. The molecular formula is C16H11FN4OS. The van der Waals surface area contributed by atoms with Crippen molar-refractivity contribution < 1.29 is 9.50 Å². The first kappa shape index (κ1) is 13.7. The van der Waals surface area contributed by atoms with Crippen LogP contribution in [0.5, 0.6) is 5.75 Å². The summed E-state index contributed by atoms with van der Waals surface area (Å²) in [6, 6.07) is 13.0. The molecule has 4 rings (SSSR count). The Balaban J connectivity index is 1.68. The number of rotatable bonds is 3. The van der Waals surface area contributed by atoms with Gasteiger partial charge < -0.3 is 10.4 Å². The van der Waals surface area contributed by atoms with Gasteiger partial charge in [0.05, 0.1) is 11.9 Å². The first-order valence-electron chi connectivity index (χ1n) is 6.85.